The van der Waals surface area contributed by atoms with Crippen molar-refractivity contribution in [2.75, 3.05) is 18.4 Å². The minimum Gasteiger partial charge on any atom is -0.343 e. The molecule has 0 atom stereocenters. The predicted octanol–water partition coefficient (Wildman–Crippen LogP) is 1.81. The molecule has 3 heterocycles. The maximum atomic E-state index is 11.9. The van der Waals surface area contributed by atoms with Gasteiger partial charge in [0, 0.05) is 50.0 Å². The molecule has 2 amide bonds. The minimum atomic E-state index is -0.203. The van der Waals surface area contributed by atoms with Crippen LogP contribution in [-0.2, 0) is 9.59 Å². The number of aromatic nitrogens is 3. The zero-order valence-electron chi connectivity index (χ0n) is 12.8. The maximum Gasteiger partial charge on any atom is 0.226 e. The number of pyridine rings is 1. The second kappa shape index (κ2) is 7.04. The molecule has 1 fully saturated rings. The monoisotopic (exact) mass is 313 g/mol. The first-order chi connectivity index (χ1) is 11.2. The summed E-state index contributed by atoms with van der Waals surface area (Å²) in [6.07, 6.45) is 5.92. The molecular formula is C16H19N5O2. The van der Waals surface area contributed by atoms with Gasteiger partial charge >= 0.3 is 0 Å². The predicted molar refractivity (Wildman–Crippen MR) is 85.5 cm³/mol. The molecule has 0 spiro atoms. The van der Waals surface area contributed by atoms with Gasteiger partial charge in [0.1, 0.15) is 0 Å². The van der Waals surface area contributed by atoms with Crippen LogP contribution < -0.4 is 5.32 Å². The molecule has 1 saturated heterocycles. The number of hydrogen-bond acceptors (Lipinski definition) is 4. The lowest BCUT2D eigenvalue weighted by Crippen LogP contribution is -2.28. The van der Waals surface area contributed by atoms with Crippen molar-refractivity contribution in [1.82, 2.24) is 20.1 Å². The van der Waals surface area contributed by atoms with Crippen LogP contribution in [0.4, 0.5) is 5.82 Å². The number of carbonyl (C=O) groups excluding carboxylic acids is 2. The summed E-state index contributed by atoms with van der Waals surface area (Å²) in [7, 11) is 0. The quantitative estimate of drug-likeness (QED) is 0.880. The summed E-state index contributed by atoms with van der Waals surface area (Å²) >= 11 is 0. The molecule has 1 aliphatic rings. The molecule has 2 N–H and O–H groups in total. The fraction of sp³-hybridized carbons (Fsp3) is 0.375. The molecule has 0 radical (unpaired) electrons. The standard InChI is InChI=1S/C16H19N5O2/c22-15(3-4-16(23)21-9-1-2-10-21)18-14-11-13(19-20-14)12-5-7-17-8-6-12/h5-8,11H,1-4,9-10H2,(H2,18,19,20,22). The highest BCUT2D eigenvalue weighted by atomic mass is 16.2. The van der Waals surface area contributed by atoms with Crippen LogP contribution in [0.3, 0.4) is 0 Å². The molecule has 0 unspecified atom stereocenters. The second-order valence-electron chi connectivity index (χ2n) is 5.54. The first kappa shape index (κ1) is 15.2. The van der Waals surface area contributed by atoms with Gasteiger partial charge in [0.15, 0.2) is 5.82 Å². The number of amides is 2. The lowest BCUT2D eigenvalue weighted by molar-refractivity contribution is -0.131. The Morgan fingerprint density at radius 3 is 2.65 bits per heavy atom. The topological polar surface area (TPSA) is 91.0 Å². The fourth-order valence-electron chi connectivity index (χ4n) is 2.62. The number of hydrogen-bond donors (Lipinski definition) is 2. The lowest BCUT2D eigenvalue weighted by atomic mass is 10.2. The largest absolute Gasteiger partial charge is 0.343 e. The number of H-pyrrole nitrogens is 1. The van der Waals surface area contributed by atoms with Crippen LogP contribution in [0, 0.1) is 0 Å². The zero-order chi connectivity index (χ0) is 16.1. The summed E-state index contributed by atoms with van der Waals surface area (Å²) in [6, 6.07) is 5.47. The number of aromatic amines is 1. The highest BCUT2D eigenvalue weighted by Crippen LogP contribution is 2.18. The van der Waals surface area contributed by atoms with E-state index in [9.17, 15) is 9.59 Å². The number of carbonyl (C=O) groups is 2. The van der Waals surface area contributed by atoms with Crippen LogP contribution in [-0.4, -0.2) is 45.0 Å². The number of nitrogens with one attached hydrogen (secondary N) is 2. The van der Waals surface area contributed by atoms with Crippen molar-refractivity contribution < 1.29 is 9.59 Å². The molecule has 2 aromatic rings. The highest BCUT2D eigenvalue weighted by molar-refractivity contribution is 5.92. The van der Waals surface area contributed by atoms with Crippen molar-refractivity contribution in [1.29, 1.82) is 0 Å². The number of nitrogens with zero attached hydrogens (tertiary/aromatic N) is 3. The van der Waals surface area contributed by atoms with Gasteiger partial charge in [-0.2, -0.15) is 5.10 Å². The average Bonchev–Trinajstić information content (AvgIpc) is 3.25. The lowest BCUT2D eigenvalue weighted by Gasteiger charge is -2.14. The van der Waals surface area contributed by atoms with E-state index < -0.39 is 0 Å². The summed E-state index contributed by atoms with van der Waals surface area (Å²) in [6.45, 7) is 1.63. The van der Waals surface area contributed by atoms with E-state index in [0.717, 1.165) is 37.2 Å². The Morgan fingerprint density at radius 1 is 1.17 bits per heavy atom. The van der Waals surface area contributed by atoms with Gasteiger partial charge in [-0.05, 0) is 25.0 Å². The van der Waals surface area contributed by atoms with Gasteiger partial charge in [0.25, 0.3) is 0 Å². The Morgan fingerprint density at radius 2 is 1.91 bits per heavy atom. The Balaban J connectivity index is 1.50. The zero-order valence-corrected chi connectivity index (χ0v) is 12.8. The molecule has 7 heteroatoms. The van der Waals surface area contributed by atoms with E-state index in [1.165, 1.54) is 0 Å². The molecule has 0 aliphatic carbocycles. The van der Waals surface area contributed by atoms with E-state index in [2.05, 4.69) is 20.5 Å². The molecule has 7 nitrogen and oxygen atoms in total. The number of rotatable bonds is 5. The van der Waals surface area contributed by atoms with Crippen molar-refractivity contribution in [2.45, 2.75) is 25.7 Å². The molecule has 1 aliphatic heterocycles. The summed E-state index contributed by atoms with van der Waals surface area (Å²) < 4.78 is 0. The van der Waals surface area contributed by atoms with Crippen molar-refractivity contribution in [3.05, 3.63) is 30.6 Å². The van der Waals surface area contributed by atoms with Gasteiger partial charge in [-0.3, -0.25) is 19.7 Å². The summed E-state index contributed by atoms with van der Waals surface area (Å²) in [5.74, 6) is 0.304. The van der Waals surface area contributed by atoms with E-state index >= 15 is 0 Å². The normalized spacial score (nSPS) is 14.0. The maximum absolute atomic E-state index is 11.9. The van der Waals surface area contributed by atoms with Crippen LogP contribution in [0.1, 0.15) is 25.7 Å². The van der Waals surface area contributed by atoms with Crippen molar-refractivity contribution in [3.63, 3.8) is 0 Å². The molecule has 2 aromatic heterocycles. The van der Waals surface area contributed by atoms with Crippen LogP contribution >= 0.6 is 0 Å². The van der Waals surface area contributed by atoms with Crippen LogP contribution in [0.5, 0.6) is 0 Å². The number of anilines is 1. The van der Waals surface area contributed by atoms with Crippen LogP contribution in [0.25, 0.3) is 11.3 Å². The Kier molecular flexibility index (Phi) is 4.65. The van der Waals surface area contributed by atoms with Gasteiger partial charge in [0.2, 0.25) is 11.8 Å². The Labute approximate surface area is 134 Å². The third kappa shape index (κ3) is 3.94. The highest BCUT2D eigenvalue weighted by Gasteiger charge is 2.18. The third-order valence-electron chi connectivity index (χ3n) is 3.86. The van der Waals surface area contributed by atoms with E-state index in [1.807, 2.05) is 17.0 Å². The molecule has 0 saturated carbocycles. The molecule has 3 rings (SSSR count). The molecule has 0 bridgehead atoms. The van der Waals surface area contributed by atoms with Crippen molar-refractivity contribution in [2.24, 2.45) is 0 Å². The van der Waals surface area contributed by atoms with Gasteiger partial charge < -0.3 is 10.2 Å². The molecule has 23 heavy (non-hydrogen) atoms. The van der Waals surface area contributed by atoms with E-state index in [-0.39, 0.29) is 24.7 Å². The van der Waals surface area contributed by atoms with Crippen LogP contribution in [0.15, 0.2) is 30.6 Å². The van der Waals surface area contributed by atoms with Crippen LogP contribution in [0.2, 0.25) is 0 Å². The van der Waals surface area contributed by atoms with Gasteiger partial charge in [-0.25, -0.2) is 0 Å². The number of likely N-dealkylation sites (tertiary alicyclic amines) is 1. The molecular weight excluding hydrogens is 294 g/mol. The van der Waals surface area contributed by atoms with Crippen molar-refractivity contribution >= 4 is 17.6 Å². The Bertz CT molecular complexity index is 677. The van der Waals surface area contributed by atoms with Gasteiger partial charge in [-0.1, -0.05) is 0 Å². The SMILES string of the molecule is O=C(CCC(=O)N1CCCC1)Nc1cc(-c2ccncc2)[nH]n1. The molecule has 0 aromatic carbocycles. The van der Waals surface area contributed by atoms with Crippen molar-refractivity contribution in [3.8, 4) is 11.3 Å². The summed E-state index contributed by atoms with van der Waals surface area (Å²) in [5.41, 5.74) is 1.74. The summed E-state index contributed by atoms with van der Waals surface area (Å²) in [4.78, 5) is 29.6. The smallest absolute Gasteiger partial charge is 0.226 e. The molecule has 120 valence electrons. The fourth-order valence-corrected chi connectivity index (χ4v) is 2.62. The van der Waals surface area contributed by atoms with Gasteiger partial charge in [0.05, 0.1) is 5.69 Å². The van der Waals surface area contributed by atoms with E-state index in [0.29, 0.717) is 5.82 Å². The van der Waals surface area contributed by atoms with E-state index in [1.54, 1.807) is 18.5 Å². The van der Waals surface area contributed by atoms with E-state index in [4.69, 9.17) is 0 Å². The third-order valence-corrected chi connectivity index (χ3v) is 3.86. The Hall–Kier alpha value is -2.70. The first-order valence-electron chi connectivity index (χ1n) is 7.76. The average molecular weight is 313 g/mol. The summed E-state index contributed by atoms with van der Waals surface area (Å²) in [5, 5.41) is 9.64. The first-order valence-corrected chi connectivity index (χ1v) is 7.76. The second-order valence-corrected chi connectivity index (χ2v) is 5.54. The minimum absolute atomic E-state index is 0.0529. The van der Waals surface area contributed by atoms with Gasteiger partial charge in [-0.15, -0.1) is 0 Å².